The Bertz CT molecular complexity index is 1620. The summed E-state index contributed by atoms with van der Waals surface area (Å²) in [5, 5.41) is 2.61. The fourth-order valence-corrected chi connectivity index (χ4v) is 5.13. The van der Waals surface area contributed by atoms with Crippen LogP contribution >= 0.6 is 0 Å². The van der Waals surface area contributed by atoms with Gasteiger partial charge in [0.15, 0.2) is 17.4 Å². The van der Waals surface area contributed by atoms with Crippen LogP contribution in [0.1, 0.15) is 16.2 Å². The van der Waals surface area contributed by atoms with E-state index >= 15 is 0 Å². The summed E-state index contributed by atoms with van der Waals surface area (Å²) in [5.74, 6) is -1.09. The number of piperazine rings is 1. The fraction of sp³-hybridized carbons (Fsp3) is 0.250. The minimum Gasteiger partial charge on any atom is -0.487 e. The summed E-state index contributed by atoms with van der Waals surface area (Å²) < 4.78 is 35.3. The number of nitrogens with zero attached hydrogens (tertiary/aromatic N) is 6. The molecule has 6 rings (SSSR count). The van der Waals surface area contributed by atoms with Crippen molar-refractivity contribution in [3.8, 4) is 16.9 Å². The third-order valence-electron chi connectivity index (χ3n) is 7.22. The van der Waals surface area contributed by atoms with Gasteiger partial charge in [-0.05, 0) is 19.1 Å². The number of aryl methyl sites for hydroxylation is 1. The lowest BCUT2D eigenvalue weighted by Gasteiger charge is -2.44. The van der Waals surface area contributed by atoms with Crippen LogP contribution in [0, 0.1) is 18.6 Å². The topological polar surface area (TPSA) is 105 Å². The lowest BCUT2D eigenvalue weighted by atomic mass is 10.0. The number of ketones is 1. The lowest BCUT2D eigenvalue weighted by Crippen LogP contribution is -2.58. The lowest BCUT2D eigenvalue weighted by molar-refractivity contribution is -0.112. The quantitative estimate of drug-likeness (QED) is 0.301. The van der Waals surface area contributed by atoms with Crippen LogP contribution < -0.4 is 19.9 Å². The molecule has 1 saturated heterocycles. The molecule has 204 valence electrons. The summed E-state index contributed by atoms with van der Waals surface area (Å²) >= 11 is 0. The predicted octanol–water partition coefficient (Wildman–Crippen LogP) is 3.37. The van der Waals surface area contributed by atoms with Crippen molar-refractivity contribution >= 4 is 29.1 Å². The molecule has 5 heterocycles. The highest BCUT2D eigenvalue weighted by Gasteiger charge is 2.35. The number of ether oxygens (including phenoxy) is 1. The monoisotopic (exact) mass is 545 g/mol. The number of halogens is 2. The minimum absolute atomic E-state index is 0.0261. The van der Waals surface area contributed by atoms with Crippen molar-refractivity contribution in [2.75, 3.05) is 41.4 Å². The second-order valence-electron chi connectivity index (χ2n) is 9.72. The highest BCUT2D eigenvalue weighted by atomic mass is 19.1. The normalized spacial score (nSPS) is 16.1. The third-order valence-corrected chi connectivity index (χ3v) is 7.22. The number of carbonyl (C=O) groups excluding carboxylic acids is 2. The maximum Gasteiger partial charge on any atom is 0.298 e. The average Bonchev–Trinajstić information content (AvgIpc) is 3.26. The largest absolute Gasteiger partial charge is 0.487 e. The Labute approximate surface area is 228 Å². The number of carbonyl (C=O) groups is 2. The fourth-order valence-electron chi connectivity index (χ4n) is 5.13. The van der Waals surface area contributed by atoms with Gasteiger partial charge < -0.3 is 24.4 Å². The summed E-state index contributed by atoms with van der Waals surface area (Å²) in [6.07, 6.45) is 3.76. The Morgan fingerprint density at radius 2 is 1.80 bits per heavy atom. The molecule has 0 bridgehead atoms. The molecular weight excluding hydrogens is 520 g/mol. The third kappa shape index (κ3) is 4.51. The van der Waals surface area contributed by atoms with Gasteiger partial charge in [-0.25, -0.2) is 23.7 Å². The number of benzene rings is 1. The van der Waals surface area contributed by atoms with Crippen molar-refractivity contribution in [1.82, 2.24) is 19.5 Å². The van der Waals surface area contributed by atoms with Crippen molar-refractivity contribution in [3.63, 3.8) is 0 Å². The van der Waals surface area contributed by atoms with Crippen molar-refractivity contribution < 1.29 is 23.1 Å². The van der Waals surface area contributed by atoms with Crippen LogP contribution in [0.2, 0.25) is 0 Å². The van der Waals surface area contributed by atoms with Crippen molar-refractivity contribution in [2.24, 2.45) is 7.05 Å². The molecule has 1 fully saturated rings. The number of amides is 1. The molecule has 0 saturated carbocycles. The van der Waals surface area contributed by atoms with Crippen LogP contribution in [0.15, 0.2) is 55.0 Å². The van der Waals surface area contributed by atoms with Crippen LogP contribution in [0.5, 0.6) is 5.75 Å². The van der Waals surface area contributed by atoms with Crippen LogP contribution in [0.25, 0.3) is 11.1 Å². The number of Topliss-reactive ketones (excluding diaryl/α,β-unsaturated/α-hetero) is 1. The first-order valence-electron chi connectivity index (χ1n) is 12.7. The SMILES string of the molecule is Cc1cc(-c2ccccc2F)c(C(=O)C(=O)Nc2cnc3c(c2)OCC2CN(c4ncc(F)cn4)CCN32)n1C. The molecule has 40 heavy (non-hydrogen) atoms. The van der Waals surface area contributed by atoms with Gasteiger partial charge in [-0.1, -0.05) is 18.2 Å². The summed E-state index contributed by atoms with van der Waals surface area (Å²) in [4.78, 5) is 43.1. The van der Waals surface area contributed by atoms with Gasteiger partial charge in [0.1, 0.15) is 18.1 Å². The van der Waals surface area contributed by atoms with E-state index in [2.05, 4.69) is 25.2 Å². The van der Waals surface area contributed by atoms with E-state index in [4.69, 9.17) is 4.74 Å². The summed E-state index contributed by atoms with van der Waals surface area (Å²) in [5.41, 5.74) is 1.69. The summed E-state index contributed by atoms with van der Waals surface area (Å²) in [7, 11) is 1.66. The molecule has 12 heteroatoms. The number of fused-ring (bicyclic) bond motifs is 3. The maximum atomic E-state index is 14.5. The molecule has 1 N–H and O–H groups in total. The number of rotatable bonds is 5. The number of hydrogen-bond acceptors (Lipinski definition) is 8. The zero-order chi connectivity index (χ0) is 28.0. The standard InChI is InChI=1S/C28H25F2N7O3/c1-16-9-21(20-5-3-4-6-22(20)30)24(35(16)2)25(38)27(39)34-18-10-23-26(31-13-18)37-8-7-36(14-19(37)15-40-23)28-32-11-17(29)12-33-28/h3-6,9-13,19H,7-8,14-15H2,1-2H3,(H,34,39). The number of nitrogens with one attached hydrogen (secondary N) is 1. The van der Waals surface area contributed by atoms with Gasteiger partial charge in [0, 0.05) is 49.6 Å². The predicted molar refractivity (Wildman–Crippen MR) is 144 cm³/mol. The zero-order valence-electron chi connectivity index (χ0n) is 21.8. The van der Waals surface area contributed by atoms with Crippen molar-refractivity contribution in [2.45, 2.75) is 13.0 Å². The first kappa shape index (κ1) is 25.4. The van der Waals surface area contributed by atoms with Gasteiger partial charge in [0.25, 0.3) is 11.7 Å². The van der Waals surface area contributed by atoms with Gasteiger partial charge in [0.05, 0.1) is 30.3 Å². The molecule has 0 aliphatic carbocycles. The molecule has 0 radical (unpaired) electrons. The smallest absolute Gasteiger partial charge is 0.298 e. The van der Waals surface area contributed by atoms with Crippen LogP contribution in [0.3, 0.4) is 0 Å². The molecular formula is C28H25F2N7O3. The highest BCUT2D eigenvalue weighted by molar-refractivity contribution is 6.47. The van der Waals surface area contributed by atoms with Crippen molar-refractivity contribution in [1.29, 1.82) is 0 Å². The van der Waals surface area contributed by atoms with Crippen LogP contribution in [0.4, 0.5) is 26.2 Å². The molecule has 1 unspecified atom stereocenters. The highest BCUT2D eigenvalue weighted by Crippen LogP contribution is 2.36. The van der Waals surface area contributed by atoms with Crippen molar-refractivity contribution in [3.05, 3.63) is 78.0 Å². The average molecular weight is 546 g/mol. The Morgan fingerprint density at radius 3 is 2.58 bits per heavy atom. The molecule has 1 amide bonds. The molecule has 10 nitrogen and oxygen atoms in total. The molecule has 2 aliphatic heterocycles. The summed E-state index contributed by atoms with van der Waals surface area (Å²) in [6.45, 7) is 3.93. The van der Waals surface area contributed by atoms with Gasteiger partial charge in [-0.15, -0.1) is 0 Å². The van der Waals surface area contributed by atoms with Gasteiger partial charge in [-0.3, -0.25) is 9.59 Å². The minimum atomic E-state index is -0.873. The molecule has 3 aromatic heterocycles. The number of pyridine rings is 1. The second-order valence-corrected chi connectivity index (χ2v) is 9.72. The number of aromatic nitrogens is 4. The van der Waals surface area contributed by atoms with E-state index in [1.54, 1.807) is 48.9 Å². The second kappa shape index (κ2) is 10.0. The number of hydrogen-bond donors (Lipinski definition) is 1. The van der Waals surface area contributed by atoms with Crippen LogP contribution in [-0.2, 0) is 11.8 Å². The Balaban J connectivity index is 1.18. The van der Waals surface area contributed by atoms with E-state index in [-0.39, 0.29) is 17.3 Å². The van der Waals surface area contributed by atoms with E-state index < -0.39 is 23.3 Å². The molecule has 0 spiro atoms. The maximum absolute atomic E-state index is 14.5. The Kier molecular flexibility index (Phi) is 6.37. The first-order chi connectivity index (χ1) is 19.3. The Morgan fingerprint density at radius 1 is 1.02 bits per heavy atom. The van der Waals surface area contributed by atoms with Crippen LogP contribution in [-0.4, -0.2) is 63.5 Å². The molecule has 1 atom stereocenters. The summed E-state index contributed by atoms with van der Waals surface area (Å²) in [6, 6.07) is 9.42. The number of anilines is 3. The molecule has 4 aromatic rings. The Hall–Kier alpha value is -4.87. The first-order valence-corrected chi connectivity index (χ1v) is 12.7. The van der Waals surface area contributed by atoms with Gasteiger partial charge >= 0.3 is 0 Å². The molecule has 2 aliphatic rings. The van der Waals surface area contributed by atoms with Gasteiger partial charge in [-0.2, -0.15) is 0 Å². The van der Waals surface area contributed by atoms with E-state index in [0.29, 0.717) is 60.7 Å². The zero-order valence-corrected chi connectivity index (χ0v) is 21.8. The van der Waals surface area contributed by atoms with Gasteiger partial charge in [0.2, 0.25) is 5.95 Å². The van der Waals surface area contributed by atoms with E-state index in [1.807, 2.05) is 4.90 Å². The van der Waals surface area contributed by atoms with E-state index in [9.17, 15) is 18.4 Å². The molecule has 1 aromatic carbocycles. The van der Waals surface area contributed by atoms with E-state index in [1.165, 1.54) is 12.3 Å². The van der Waals surface area contributed by atoms with E-state index in [0.717, 1.165) is 12.4 Å².